The number of hydrogen-bond acceptors (Lipinski definition) is 4. The second-order valence-corrected chi connectivity index (χ2v) is 11.7. The lowest BCUT2D eigenvalue weighted by Gasteiger charge is -2.21. The molecular formula is C34H69NO3. The number of ether oxygens (including phenoxy) is 1. The molecule has 0 aliphatic rings. The lowest BCUT2D eigenvalue weighted by atomic mass is 10.0. The molecule has 0 rings (SSSR count). The van der Waals surface area contributed by atoms with E-state index >= 15 is 0 Å². The van der Waals surface area contributed by atoms with Gasteiger partial charge < -0.3 is 14.7 Å². The summed E-state index contributed by atoms with van der Waals surface area (Å²) in [6, 6.07) is 0. The zero-order valence-electron chi connectivity index (χ0n) is 26.1. The largest absolute Gasteiger partial charge is 0.466 e. The van der Waals surface area contributed by atoms with Crippen LogP contribution in [0.5, 0.6) is 0 Å². The van der Waals surface area contributed by atoms with Crippen molar-refractivity contribution in [3.05, 3.63) is 0 Å². The van der Waals surface area contributed by atoms with Gasteiger partial charge >= 0.3 is 5.97 Å². The highest BCUT2D eigenvalue weighted by Gasteiger charge is 2.05. The number of esters is 1. The summed E-state index contributed by atoms with van der Waals surface area (Å²) >= 11 is 0. The van der Waals surface area contributed by atoms with Crippen LogP contribution in [0.2, 0.25) is 0 Å². The predicted molar refractivity (Wildman–Crippen MR) is 166 cm³/mol. The Bertz CT molecular complexity index is 457. The summed E-state index contributed by atoms with van der Waals surface area (Å²) in [7, 11) is 0. The molecule has 0 amide bonds. The molecule has 0 bridgehead atoms. The average Bonchev–Trinajstić information content (AvgIpc) is 2.92. The molecule has 0 unspecified atom stereocenters. The van der Waals surface area contributed by atoms with E-state index in [1.807, 2.05) is 0 Å². The molecule has 0 heterocycles. The van der Waals surface area contributed by atoms with Crippen molar-refractivity contribution in [2.45, 2.75) is 181 Å². The van der Waals surface area contributed by atoms with E-state index in [0.717, 1.165) is 38.9 Å². The van der Waals surface area contributed by atoms with Crippen molar-refractivity contribution in [1.29, 1.82) is 0 Å². The van der Waals surface area contributed by atoms with Gasteiger partial charge in [-0.15, -0.1) is 0 Å². The Kier molecular flexibility index (Phi) is 32.1. The highest BCUT2D eigenvalue weighted by molar-refractivity contribution is 5.69. The van der Waals surface area contributed by atoms with E-state index in [2.05, 4.69) is 18.7 Å². The number of unbranched alkanes of at least 4 members (excludes halogenated alkanes) is 22. The standard InChI is InChI=1S/C34H69NO3/c1-3-5-7-9-11-12-13-14-15-16-17-21-25-29-35(31-32-36)30-26-22-19-20-24-28-34(37)38-33-27-23-18-10-8-6-4-2/h36H,3-33H2,1-2H3. The van der Waals surface area contributed by atoms with Crippen molar-refractivity contribution in [1.82, 2.24) is 4.90 Å². The molecule has 0 aromatic carbocycles. The van der Waals surface area contributed by atoms with Crippen LogP contribution >= 0.6 is 0 Å². The van der Waals surface area contributed by atoms with Crippen LogP contribution in [0.4, 0.5) is 0 Å². The molecule has 0 aromatic rings. The molecule has 0 aliphatic heterocycles. The monoisotopic (exact) mass is 540 g/mol. The van der Waals surface area contributed by atoms with Crippen LogP contribution < -0.4 is 0 Å². The van der Waals surface area contributed by atoms with E-state index in [4.69, 9.17) is 4.74 Å². The molecule has 1 N–H and O–H groups in total. The lowest BCUT2D eigenvalue weighted by Crippen LogP contribution is -2.29. The summed E-state index contributed by atoms with van der Waals surface area (Å²) in [4.78, 5) is 14.3. The van der Waals surface area contributed by atoms with Crippen LogP contribution in [-0.2, 0) is 9.53 Å². The first kappa shape index (κ1) is 37.4. The van der Waals surface area contributed by atoms with Crippen LogP contribution in [0.1, 0.15) is 181 Å². The van der Waals surface area contributed by atoms with E-state index in [0.29, 0.717) is 13.0 Å². The Morgan fingerprint density at radius 3 is 1.29 bits per heavy atom. The maximum atomic E-state index is 11.9. The Labute approximate surface area is 239 Å². The number of hydrogen-bond donors (Lipinski definition) is 1. The van der Waals surface area contributed by atoms with Gasteiger partial charge in [0.2, 0.25) is 0 Å². The predicted octanol–water partition coefficient (Wildman–Crippen LogP) is 10.0. The third kappa shape index (κ3) is 29.9. The molecule has 0 radical (unpaired) electrons. The van der Waals surface area contributed by atoms with Crippen LogP contribution in [0.25, 0.3) is 0 Å². The van der Waals surface area contributed by atoms with Gasteiger partial charge in [0.25, 0.3) is 0 Å². The van der Waals surface area contributed by atoms with Crippen molar-refractivity contribution in [2.75, 3.05) is 32.8 Å². The summed E-state index contributed by atoms with van der Waals surface area (Å²) < 4.78 is 5.39. The van der Waals surface area contributed by atoms with Crippen molar-refractivity contribution in [3.63, 3.8) is 0 Å². The Morgan fingerprint density at radius 1 is 0.500 bits per heavy atom. The number of carbonyl (C=O) groups is 1. The smallest absolute Gasteiger partial charge is 0.305 e. The van der Waals surface area contributed by atoms with Gasteiger partial charge in [-0.05, 0) is 38.8 Å². The Morgan fingerprint density at radius 2 is 0.868 bits per heavy atom. The quantitative estimate of drug-likeness (QED) is 0.0682. The minimum Gasteiger partial charge on any atom is -0.466 e. The molecule has 0 saturated heterocycles. The summed E-state index contributed by atoms with van der Waals surface area (Å²) in [5.41, 5.74) is 0. The molecule has 0 saturated carbocycles. The molecular weight excluding hydrogens is 470 g/mol. The summed E-state index contributed by atoms with van der Waals surface area (Å²) in [6.07, 6.45) is 33.1. The number of nitrogens with zero attached hydrogens (tertiary/aromatic N) is 1. The second-order valence-electron chi connectivity index (χ2n) is 11.7. The van der Waals surface area contributed by atoms with Gasteiger partial charge in [0.15, 0.2) is 0 Å². The zero-order chi connectivity index (χ0) is 27.8. The first-order valence-electron chi connectivity index (χ1n) is 17.2. The van der Waals surface area contributed by atoms with Gasteiger partial charge in [0, 0.05) is 13.0 Å². The minimum atomic E-state index is -0.0112. The summed E-state index contributed by atoms with van der Waals surface area (Å²) in [5, 5.41) is 9.41. The van der Waals surface area contributed by atoms with E-state index in [9.17, 15) is 9.90 Å². The van der Waals surface area contributed by atoms with Crippen LogP contribution in [-0.4, -0.2) is 48.8 Å². The first-order valence-corrected chi connectivity index (χ1v) is 17.2. The molecule has 4 nitrogen and oxygen atoms in total. The molecule has 4 heteroatoms. The van der Waals surface area contributed by atoms with E-state index in [1.54, 1.807) is 0 Å². The SMILES string of the molecule is CCCCCCCCCCCCCCCN(CCO)CCCCCCCC(=O)OCCCCCCCCC. The molecule has 38 heavy (non-hydrogen) atoms. The zero-order valence-corrected chi connectivity index (χ0v) is 26.1. The Balaban J connectivity index is 3.47. The third-order valence-corrected chi connectivity index (χ3v) is 7.86. The topological polar surface area (TPSA) is 49.8 Å². The highest BCUT2D eigenvalue weighted by atomic mass is 16.5. The third-order valence-electron chi connectivity index (χ3n) is 7.86. The van der Waals surface area contributed by atoms with Gasteiger partial charge in [0.1, 0.15) is 0 Å². The normalized spacial score (nSPS) is 11.5. The van der Waals surface area contributed by atoms with Gasteiger partial charge in [-0.1, -0.05) is 149 Å². The molecule has 0 spiro atoms. The van der Waals surface area contributed by atoms with Crippen LogP contribution in [0.3, 0.4) is 0 Å². The van der Waals surface area contributed by atoms with Gasteiger partial charge in [-0.2, -0.15) is 0 Å². The fourth-order valence-electron chi connectivity index (χ4n) is 5.28. The Hall–Kier alpha value is -0.610. The number of rotatable bonds is 32. The van der Waals surface area contributed by atoms with Crippen molar-refractivity contribution in [2.24, 2.45) is 0 Å². The van der Waals surface area contributed by atoms with Crippen LogP contribution in [0, 0.1) is 0 Å². The maximum absolute atomic E-state index is 11.9. The molecule has 0 atom stereocenters. The fourth-order valence-corrected chi connectivity index (χ4v) is 5.28. The fraction of sp³-hybridized carbons (Fsp3) is 0.971. The summed E-state index contributed by atoms with van der Waals surface area (Å²) in [5.74, 6) is -0.0112. The van der Waals surface area contributed by atoms with Crippen molar-refractivity contribution >= 4 is 5.97 Å². The number of carbonyl (C=O) groups excluding carboxylic acids is 1. The van der Waals surface area contributed by atoms with Gasteiger partial charge in [0.05, 0.1) is 13.2 Å². The number of aliphatic hydroxyl groups excluding tert-OH is 1. The van der Waals surface area contributed by atoms with Crippen LogP contribution in [0.15, 0.2) is 0 Å². The van der Waals surface area contributed by atoms with E-state index in [1.165, 1.54) is 141 Å². The molecule has 0 fully saturated rings. The van der Waals surface area contributed by atoms with E-state index < -0.39 is 0 Å². The highest BCUT2D eigenvalue weighted by Crippen LogP contribution is 2.13. The number of aliphatic hydroxyl groups is 1. The average molecular weight is 540 g/mol. The van der Waals surface area contributed by atoms with Gasteiger partial charge in [-0.3, -0.25) is 4.79 Å². The van der Waals surface area contributed by atoms with Crippen molar-refractivity contribution < 1.29 is 14.6 Å². The summed E-state index contributed by atoms with van der Waals surface area (Å²) in [6.45, 7) is 8.43. The lowest BCUT2D eigenvalue weighted by molar-refractivity contribution is -0.143. The molecule has 0 aliphatic carbocycles. The maximum Gasteiger partial charge on any atom is 0.305 e. The molecule has 228 valence electrons. The first-order chi connectivity index (χ1) is 18.7. The second kappa shape index (κ2) is 32.6. The van der Waals surface area contributed by atoms with E-state index in [-0.39, 0.29) is 12.6 Å². The molecule has 0 aromatic heterocycles. The van der Waals surface area contributed by atoms with Gasteiger partial charge in [-0.25, -0.2) is 0 Å². The van der Waals surface area contributed by atoms with Crippen molar-refractivity contribution in [3.8, 4) is 0 Å². The minimum absolute atomic E-state index is 0.0112.